The van der Waals surface area contributed by atoms with Gasteiger partial charge in [-0.05, 0) is 164 Å². The molecule has 81 heavy (non-hydrogen) atoms. The zero-order chi connectivity index (χ0) is 59.4. The molecule has 15 nitrogen and oxygen atoms in total. The Hall–Kier alpha value is -2.37. The number of rotatable bonds is 12. The van der Waals surface area contributed by atoms with Gasteiger partial charge in [-0.1, -0.05) is 126 Å². The summed E-state index contributed by atoms with van der Waals surface area (Å²) in [6, 6.07) is -0.147. The maximum atomic E-state index is 12.7. The molecule has 0 radical (unpaired) electrons. The molecule has 6 aliphatic heterocycles. The molecule has 6 atom stereocenters. The largest absolute Gasteiger partial charge is 0.376 e. The minimum Gasteiger partial charge on any atom is -0.376 e. The van der Waals surface area contributed by atoms with E-state index in [0.717, 1.165) is 135 Å². The summed E-state index contributed by atoms with van der Waals surface area (Å²) in [4.78, 5) is 58.8. The van der Waals surface area contributed by atoms with E-state index in [0.29, 0.717) is 31.3 Å². The second kappa shape index (κ2) is 32.9. The van der Waals surface area contributed by atoms with Gasteiger partial charge in [-0.3, -0.25) is 19.2 Å². The van der Waals surface area contributed by atoms with E-state index >= 15 is 0 Å². The van der Waals surface area contributed by atoms with E-state index in [1.807, 2.05) is 26.0 Å². The van der Waals surface area contributed by atoms with Crippen molar-refractivity contribution in [2.24, 2.45) is 33.5 Å². The molecular weight excluding hydrogens is 1040 g/mol. The maximum Gasteiger partial charge on any atom is 0.239 e. The zero-order valence-electron chi connectivity index (χ0n) is 53.8. The third kappa shape index (κ3) is 23.1. The van der Waals surface area contributed by atoms with Crippen LogP contribution in [0.1, 0.15) is 229 Å². The number of ether oxygens (including phenoxy) is 1. The number of sulfone groups is 1. The standard InChI is InChI=1S/2C17H32N2O.C16H30N2O2.C15H28N2O3S/c2*1-17(2)11-10-15(18-3)16(20)19(13-17)12-14-8-6-4-5-7-9-14;1-16(2)9-8-14(17-3)15(19)18(12-16)11-13-7-5-4-6-10-20-13;1-15(2)8-7-13(16-3)14(18)17(11-15)10-12-6-4-5-9-21(12,19)20/h2*14-15,18H,4-13H2,1-3H3;13-14,17H,4-12H2,1-3H3;12-13,16H,4-11H2,1-3H3. The number of likely N-dealkylation sites (tertiary alicyclic amines) is 4. The van der Waals surface area contributed by atoms with Crippen molar-refractivity contribution in [3.05, 3.63) is 0 Å². The summed E-state index contributed by atoms with van der Waals surface area (Å²) >= 11 is 0. The Bertz CT molecular complexity index is 1860. The van der Waals surface area contributed by atoms with Gasteiger partial charge >= 0.3 is 0 Å². The highest BCUT2D eigenvalue weighted by atomic mass is 32.2. The number of likely N-dealkylation sites (N-methyl/N-ethyl adjacent to an activating group) is 4. The van der Waals surface area contributed by atoms with E-state index in [-0.39, 0.29) is 74.7 Å². The summed E-state index contributed by atoms with van der Waals surface area (Å²) in [5.41, 5.74) is 0.754. The van der Waals surface area contributed by atoms with E-state index < -0.39 is 9.84 Å². The van der Waals surface area contributed by atoms with Crippen LogP contribution in [0, 0.1) is 33.5 Å². The molecule has 4 N–H and O–H groups in total. The van der Waals surface area contributed by atoms with Crippen LogP contribution in [0.5, 0.6) is 0 Å². The molecule has 0 bridgehead atoms. The van der Waals surface area contributed by atoms with Crippen LogP contribution in [0.3, 0.4) is 0 Å². The van der Waals surface area contributed by atoms with Gasteiger partial charge in [0.25, 0.3) is 0 Å². The average Bonchev–Trinajstić information content (AvgIpc) is 4.07. The molecule has 8 fully saturated rings. The predicted molar refractivity (Wildman–Crippen MR) is 332 cm³/mol. The van der Waals surface area contributed by atoms with Crippen molar-refractivity contribution in [2.75, 3.05) is 92.9 Å². The fourth-order valence-electron chi connectivity index (χ4n) is 14.5. The predicted octanol–water partition coefficient (Wildman–Crippen LogP) is 9.76. The first-order chi connectivity index (χ1) is 38.3. The van der Waals surface area contributed by atoms with Crippen LogP contribution in [0.25, 0.3) is 0 Å². The first-order valence-electron chi connectivity index (χ1n) is 33.0. The van der Waals surface area contributed by atoms with Gasteiger partial charge in [-0.15, -0.1) is 0 Å². The monoisotopic (exact) mass is 1160 g/mol. The maximum absolute atomic E-state index is 12.7. The topological polar surface area (TPSA) is 173 Å². The molecule has 6 unspecified atom stereocenters. The second-order valence-corrected chi connectivity index (χ2v) is 32.0. The second-order valence-electron chi connectivity index (χ2n) is 29.6. The molecule has 2 aliphatic carbocycles. The van der Waals surface area contributed by atoms with Crippen LogP contribution in [0.4, 0.5) is 0 Å². The van der Waals surface area contributed by atoms with Crippen molar-refractivity contribution in [3.8, 4) is 0 Å². The van der Waals surface area contributed by atoms with Gasteiger partial charge in [0.1, 0.15) is 0 Å². The van der Waals surface area contributed by atoms with Crippen LogP contribution in [0.15, 0.2) is 0 Å². The van der Waals surface area contributed by atoms with Gasteiger partial charge in [0, 0.05) is 59.0 Å². The Balaban J connectivity index is 0.000000198. The highest BCUT2D eigenvalue weighted by Gasteiger charge is 2.40. The number of hydrogen-bond acceptors (Lipinski definition) is 11. The third-order valence-corrected chi connectivity index (χ3v) is 22.0. The van der Waals surface area contributed by atoms with Gasteiger partial charge in [0.2, 0.25) is 23.6 Å². The summed E-state index contributed by atoms with van der Waals surface area (Å²) in [6.45, 7) is 25.4. The molecule has 8 rings (SSSR count). The Morgan fingerprint density at radius 1 is 0.395 bits per heavy atom. The van der Waals surface area contributed by atoms with E-state index in [2.05, 4.69) is 86.5 Å². The lowest BCUT2D eigenvalue weighted by Gasteiger charge is -2.34. The lowest BCUT2D eigenvalue weighted by Crippen LogP contribution is -2.49. The zero-order valence-corrected chi connectivity index (χ0v) is 54.7. The van der Waals surface area contributed by atoms with E-state index in [1.54, 1.807) is 11.9 Å². The Morgan fingerprint density at radius 2 is 0.704 bits per heavy atom. The average molecular weight is 1160 g/mol. The van der Waals surface area contributed by atoms with Crippen molar-refractivity contribution >= 4 is 33.5 Å². The number of nitrogens with zero attached hydrogens (tertiary/aromatic N) is 4. The van der Waals surface area contributed by atoms with Crippen molar-refractivity contribution < 1.29 is 32.3 Å². The van der Waals surface area contributed by atoms with Gasteiger partial charge in [-0.25, -0.2) is 8.42 Å². The molecular formula is C65H122N8O7S. The number of carbonyl (C=O) groups is 4. The molecule has 8 aliphatic rings. The molecule has 470 valence electrons. The van der Waals surface area contributed by atoms with Crippen LogP contribution < -0.4 is 21.3 Å². The van der Waals surface area contributed by atoms with Crippen molar-refractivity contribution in [2.45, 2.75) is 264 Å². The summed E-state index contributed by atoms with van der Waals surface area (Å²) in [6.07, 6.45) is 31.6. The van der Waals surface area contributed by atoms with E-state index in [1.165, 1.54) is 89.9 Å². The summed E-state index contributed by atoms with van der Waals surface area (Å²) in [5.74, 6) is 2.72. The normalized spacial score (nSPS) is 30.7. The number of hydrogen-bond donors (Lipinski definition) is 4. The van der Waals surface area contributed by atoms with Crippen LogP contribution >= 0.6 is 0 Å². The molecule has 6 saturated heterocycles. The van der Waals surface area contributed by atoms with Gasteiger partial charge < -0.3 is 45.6 Å². The first-order valence-corrected chi connectivity index (χ1v) is 34.7. The van der Waals surface area contributed by atoms with E-state index in [4.69, 9.17) is 4.74 Å². The molecule has 0 aromatic carbocycles. The highest BCUT2D eigenvalue weighted by molar-refractivity contribution is 7.92. The SMILES string of the molecule is CNC1CCC(C)(C)CN(CC2CCCCCC2)C1=O.CNC1CCC(C)(C)CN(CC2CCCCCC2)C1=O.CNC1CCC(C)(C)CN(CC2CCCCCO2)C1=O.CNC1CCC(C)(C)CN(CC2CCCCS2(=O)=O)C1=O. The quantitative estimate of drug-likeness (QED) is 0.137. The van der Waals surface area contributed by atoms with Crippen LogP contribution in [0.2, 0.25) is 0 Å². The summed E-state index contributed by atoms with van der Waals surface area (Å²) in [5, 5.41) is 12.3. The number of carbonyl (C=O) groups excluding carboxylic acids is 4. The molecule has 0 spiro atoms. The lowest BCUT2D eigenvalue weighted by atomic mass is 9.87. The third-order valence-electron chi connectivity index (χ3n) is 19.7. The highest BCUT2D eigenvalue weighted by Crippen LogP contribution is 2.35. The Labute approximate surface area is 495 Å². The Morgan fingerprint density at radius 3 is 1.05 bits per heavy atom. The van der Waals surface area contributed by atoms with Crippen LogP contribution in [-0.2, 0) is 33.8 Å². The first kappa shape index (κ1) is 69.4. The molecule has 2 saturated carbocycles. The molecule has 4 amide bonds. The fourth-order valence-corrected chi connectivity index (χ4v) is 16.3. The summed E-state index contributed by atoms with van der Waals surface area (Å²) < 4.78 is 30.3. The minimum atomic E-state index is -3.03. The molecule has 0 aromatic rings. The number of nitrogens with one attached hydrogen (secondary N) is 4. The van der Waals surface area contributed by atoms with Crippen molar-refractivity contribution in [1.29, 1.82) is 0 Å². The minimum absolute atomic E-state index is 0.0254. The van der Waals surface area contributed by atoms with Crippen molar-refractivity contribution in [1.82, 2.24) is 40.9 Å². The molecule has 16 heteroatoms. The van der Waals surface area contributed by atoms with Gasteiger partial charge in [-0.2, -0.15) is 0 Å². The van der Waals surface area contributed by atoms with Crippen LogP contribution in [-0.4, -0.2) is 180 Å². The van der Waals surface area contributed by atoms with Gasteiger partial charge in [0.05, 0.1) is 41.3 Å². The summed E-state index contributed by atoms with van der Waals surface area (Å²) in [7, 11) is 4.50. The fraction of sp³-hybridized carbons (Fsp3) is 0.938. The van der Waals surface area contributed by atoms with E-state index in [9.17, 15) is 27.6 Å². The Kier molecular flexibility index (Phi) is 28.2. The number of amides is 4. The lowest BCUT2D eigenvalue weighted by molar-refractivity contribution is -0.136. The smallest absolute Gasteiger partial charge is 0.239 e. The van der Waals surface area contributed by atoms with Crippen molar-refractivity contribution in [3.63, 3.8) is 0 Å². The molecule has 0 aromatic heterocycles. The van der Waals surface area contributed by atoms with Gasteiger partial charge in [0.15, 0.2) is 9.84 Å². The molecule has 6 heterocycles.